The third-order valence-corrected chi connectivity index (χ3v) is 4.39. The predicted molar refractivity (Wildman–Crippen MR) is 84.9 cm³/mol. The number of nitrogens with one attached hydrogen (secondary N) is 2. The molecule has 1 amide bonds. The molecule has 0 bridgehead atoms. The molecule has 5 heteroatoms. The van der Waals surface area contributed by atoms with Crippen LogP contribution in [0.25, 0.3) is 0 Å². The quantitative estimate of drug-likeness (QED) is 0.853. The van der Waals surface area contributed by atoms with Crippen LogP contribution in [0.5, 0.6) is 0 Å². The van der Waals surface area contributed by atoms with Gasteiger partial charge in [-0.1, -0.05) is 6.07 Å². The highest BCUT2D eigenvalue weighted by Gasteiger charge is 2.15. The molecule has 5 nitrogen and oxygen atoms in total. The van der Waals surface area contributed by atoms with Gasteiger partial charge in [-0.2, -0.15) is 0 Å². The second-order valence-electron chi connectivity index (χ2n) is 5.95. The van der Waals surface area contributed by atoms with Crippen LogP contribution in [0.2, 0.25) is 0 Å². The van der Waals surface area contributed by atoms with Gasteiger partial charge in [0.15, 0.2) is 0 Å². The molecule has 0 radical (unpaired) electrons. The number of benzene rings is 1. The number of hydrogen-bond donors (Lipinski definition) is 2. The number of amides is 1. The van der Waals surface area contributed by atoms with Crippen LogP contribution in [-0.4, -0.2) is 68.6 Å². The van der Waals surface area contributed by atoms with Crippen molar-refractivity contribution in [1.82, 2.24) is 15.1 Å². The van der Waals surface area contributed by atoms with Crippen molar-refractivity contribution in [3.05, 3.63) is 29.3 Å². The molecule has 1 saturated heterocycles. The van der Waals surface area contributed by atoms with E-state index >= 15 is 0 Å². The van der Waals surface area contributed by atoms with Gasteiger partial charge in [0, 0.05) is 57.1 Å². The van der Waals surface area contributed by atoms with E-state index in [-0.39, 0.29) is 5.91 Å². The van der Waals surface area contributed by atoms with Crippen LogP contribution in [0.1, 0.15) is 15.9 Å². The van der Waals surface area contributed by atoms with Crippen LogP contribution >= 0.6 is 0 Å². The van der Waals surface area contributed by atoms with Gasteiger partial charge >= 0.3 is 0 Å². The molecule has 2 aliphatic heterocycles. The Morgan fingerprint density at radius 1 is 1.29 bits per heavy atom. The van der Waals surface area contributed by atoms with E-state index in [1.807, 2.05) is 12.1 Å². The summed E-state index contributed by atoms with van der Waals surface area (Å²) >= 11 is 0. The van der Waals surface area contributed by atoms with Crippen LogP contribution in [0.4, 0.5) is 5.69 Å². The summed E-state index contributed by atoms with van der Waals surface area (Å²) in [4.78, 5) is 16.9. The average Bonchev–Trinajstić information content (AvgIpc) is 2.96. The Kier molecular flexibility index (Phi) is 4.41. The second-order valence-corrected chi connectivity index (χ2v) is 5.95. The summed E-state index contributed by atoms with van der Waals surface area (Å²) in [6.07, 6.45) is 1.06. The molecule has 0 unspecified atom stereocenters. The van der Waals surface area contributed by atoms with E-state index in [9.17, 15) is 4.79 Å². The van der Waals surface area contributed by atoms with Crippen molar-refractivity contribution in [3.63, 3.8) is 0 Å². The molecule has 0 atom stereocenters. The van der Waals surface area contributed by atoms with E-state index in [4.69, 9.17) is 0 Å². The first-order chi connectivity index (χ1) is 10.2. The van der Waals surface area contributed by atoms with Crippen LogP contribution in [0, 0.1) is 0 Å². The summed E-state index contributed by atoms with van der Waals surface area (Å²) < 4.78 is 0. The van der Waals surface area contributed by atoms with Crippen LogP contribution in [0.3, 0.4) is 0 Å². The number of nitrogens with zero attached hydrogens (tertiary/aromatic N) is 2. The summed E-state index contributed by atoms with van der Waals surface area (Å²) in [5, 5.41) is 6.34. The zero-order valence-corrected chi connectivity index (χ0v) is 12.7. The Hall–Kier alpha value is -1.59. The first-order valence-corrected chi connectivity index (χ1v) is 7.78. The first kappa shape index (κ1) is 14.4. The van der Waals surface area contributed by atoms with E-state index in [2.05, 4.69) is 33.5 Å². The van der Waals surface area contributed by atoms with Gasteiger partial charge in [-0.3, -0.25) is 9.69 Å². The number of anilines is 1. The summed E-state index contributed by atoms with van der Waals surface area (Å²) in [6.45, 7) is 7.04. The van der Waals surface area contributed by atoms with E-state index in [1.165, 1.54) is 5.56 Å². The minimum atomic E-state index is 0.0284. The van der Waals surface area contributed by atoms with Crippen molar-refractivity contribution in [1.29, 1.82) is 0 Å². The monoisotopic (exact) mass is 288 g/mol. The fourth-order valence-corrected chi connectivity index (χ4v) is 2.93. The molecule has 0 saturated carbocycles. The lowest BCUT2D eigenvalue weighted by atomic mass is 10.1. The summed E-state index contributed by atoms with van der Waals surface area (Å²) in [6, 6.07) is 5.95. The van der Waals surface area contributed by atoms with Crippen molar-refractivity contribution in [2.75, 3.05) is 58.2 Å². The zero-order valence-electron chi connectivity index (χ0n) is 12.7. The van der Waals surface area contributed by atoms with Gasteiger partial charge in [-0.15, -0.1) is 0 Å². The minimum Gasteiger partial charge on any atom is -0.384 e. The van der Waals surface area contributed by atoms with Crippen molar-refractivity contribution >= 4 is 11.6 Å². The number of hydrogen-bond acceptors (Lipinski definition) is 4. The average molecular weight is 288 g/mol. The number of piperazine rings is 1. The summed E-state index contributed by atoms with van der Waals surface area (Å²) in [5.41, 5.74) is 3.17. The highest BCUT2D eigenvalue weighted by atomic mass is 16.1. The fourth-order valence-electron chi connectivity index (χ4n) is 2.93. The topological polar surface area (TPSA) is 47.6 Å². The van der Waals surface area contributed by atoms with Gasteiger partial charge in [0.05, 0.1) is 0 Å². The third-order valence-electron chi connectivity index (χ3n) is 4.39. The Morgan fingerprint density at radius 3 is 2.90 bits per heavy atom. The first-order valence-electron chi connectivity index (χ1n) is 7.78. The van der Waals surface area contributed by atoms with Crippen molar-refractivity contribution in [2.45, 2.75) is 6.42 Å². The Balaban J connectivity index is 1.46. The second kappa shape index (κ2) is 6.45. The lowest BCUT2D eigenvalue weighted by Gasteiger charge is -2.32. The lowest BCUT2D eigenvalue weighted by molar-refractivity contribution is 0.0941. The molecular weight excluding hydrogens is 264 g/mol. The molecule has 0 spiro atoms. The van der Waals surface area contributed by atoms with Gasteiger partial charge in [-0.25, -0.2) is 0 Å². The molecule has 1 aromatic carbocycles. The van der Waals surface area contributed by atoms with Gasteiger partial charge in [0.1, 0.15) is 0 Å². The van der Waals surface area contributed by atoms with E-state index in [1.54, 1.807) is 0 Å². The van der Waals surface area contributed by atoms with Crippen molar-refractivity contribution in [2.24, 2.45) is 0 Å². The summed E-state index contributed by atoms with van der Waals surface area (Å²) in [5.74, 6) is 0.0284. The Bertz CT molecular complexity index is 509. The molecule has 21 heavy (non-hydrogen) atoms. The highest BCUT2D eigenvalue weighted by Crippen LogP contribution is 2.23. The molecule has 3 rings (SSSR count). The minimum absolute atomic E-state index is 0.0284. The largest absolute Gasteiger partial charge is 0.384 e. The maximum absolute atomic E-state index is 12.2. The molecule has 1 aromatic rings. The smallest absolute Gasteiger partial charge is 0.251 e. The Labute approximate surface area is 126 Å². The molecule has 0 aliphatic carbocycles. The number of likely N-dealkylation sites (N-methyl/N-ethyl adjacent to an activating group) is 1. The highest BCUT2D eigenvalue weighted by molar-refractivity contribution is 5.95. The zero-order chi connectivity index (χ0) is 14.7. The van der Waals surface area contributed by atoms with Gasteiger partial charge in [0.25, 0.3) is 5.91 Å². The number of rotatable bonds is 4. The maximum Gasteiger partial charge on any atom is 0.251 e. The van der Waals surface area contributed by atoms with Crippen molar-refractivity contribution < 1.29 is 4.79 Å². The SMILES string of the molecule is CN1CCN(CCNC(=O)c2ccc3c(c2)NCC3)CC1. The molecule has 2 N–H and O–H groups in total. The van der Waals surface area contributed by atoms with Crippen LogP contribution in [-0.2, 0) is 6.42 Å². The van der Waals surface area contributed by atoms with E-state index in [0.29, 0.717) is 6.54 Å². The molecule has 1 fully saturated rings. The standard InChI is InChI=1S/C16H24N4O/c1-19-8-10-20(11-9-19)7-6-18-16(21)14-3-2-13-4-5-17-15(13)12-14/h2-3,12,17H,4-11H2,1H3,(H,18,21). The summed E-state index contributed by atoms with van der Waals surface area (Å²) in [7, 11) is 2.15. The van der Waals surface area contributed by atoms with Crippen molar-refractivity contribution in [3.8, 4) is 0 Å². The number of carbonyl (C=O) groups excluding carboxylic acids is 1. The molecule has 0 aromatic heterocycles. The predicted octanol–water partition coefficient (Wildman–Crippen LogP) is 0.632. The van der Waals surface area contributed by atoms with Crippen LogP contribution < -0.4 is 10.6 Å². The molecule has 2 aliphatic rings. The van der Waals surface area contributed by atoms with Gasteiger partial charge in [0.2, 0.25) is 0 Å². The number of fused-ring (bicyclic) bond motifs is 1. The Morgan fingerprint density at radius 2 is 2.10 bits per heavy atom. The molecular formula is C16H24N4O. The molecule has 114 valence electrons. The third kappa shape index (κ3) is 3.54. The van der Waals surface area contributed by atoms with Gasteiger partial charge in [-0.05, 0) is 31.2 Å². The lowest BCUT2D eigenvalue weighted by Crippen LogP contribution is -2.46. The maximum atomic E-state index is 12.2. The molecule has 2 heterocycles. The van der Waals surface area contributed by atoms with Gasteiger partial charge < -0.3 is 15.5 Å². The normalized spacial score (nSPS) is 19.1. The van der Waals surface area contributed by atoms with Crippen LogP contribution in [0.15, 0.2) is 18.2 Å². The number of carbonyl (C=O) groups is 1. The van der Waals surface area contributed by atoms with E-state index < -0.39 is 0 Å². The fraction of sp³-hybridized carbons (Fsp3) is 0.562. The van der Waals surface area contributed by atoms with E-state index in [0.717, 1.165) is 56.9 Å².